The summed E-state index contributed by atoms with van der Waals surface area (Å²) in [5.74, 6) is 0. The Bertz CT molecular complexity index is 3450. The van der Waals surface area contributed by atoms with Gasteiger partial charge in [0.15, 0.2) is 8.07 Å². The number of pyridine rings is 2. The molecule has 5 nitrogen and oxygen atoms in total. The Kier molecular flexibility index (Phi) is 6.59. The van der Waals surface area contributed by atoms with E-state index in [9.17, 15) is 0 Å². The van der Waals surface area contributed by atoms with Gasteiger partial charge in [0.1, 0.15) is 22.5 Å². The molecule has 0 spiro atoms. The second-order valence-electron chi connectivity index (χ2n) is 14.6. The van der Waals surface area contributed by atoms with Gasteiger partial charge in [-0.1, -0.05) is 127 Å². The van der Waals surface area contributed by atoms with Gasteiger partial charge in [-0.15, -0.1) is 0 Å². The van der Waals surface area contributed by atoms with Crippen molar-refractivity contribution in [1.82, 2.24) is 18.9 Å². The van der Waals surface area contributed by atoms with Crippen LogP contribution >= 0.6 is 0 Å². The molecule has 0 amide bonds. The average Bonchev–Trinajstić information content (AvgIpc) is 4.00. The summed E-state index contributed by atoms with van der Waals surface area (Å²) in [5, 5.41) is 13.2. The zero-order valence-corrected chi connectivity index (χ0v) is 31.2. The highest BCUT2D eigenvalue weighted by Gasteiger charge is 2.42. The topological polar surface area (TPSA) is 48.3 Å². The minimum absolute atomic E-state index is 0.866. The fourth-order valence-electron chi connectivity index (χ4n) is 9.45. The van der Waals surface area contributed by atoms with Gasteiger partial charge in [-0.05, 0) is 74.7 Å². The first kappa shape index (κ1) is 31.1. The third-order valence-electron chi connectivity index (χ3n) is 11.8. The molecule has 0 fully saturated rings. The maximum atomic E-state index is 6.45. The summed E-state index contributed by atoms with van der Waals surface area (Å²) in [5.41, 5.74) is 6.94. The highest BCUT2D eigenvalue weighted by molar-refractivity contribution is 7.20. The van der Waals surface area contributed by atoms with E-state index < -0.39 is 8.07 Å². The second kappa shape index (κ2) is 11.9. The van der Waals surface area contributed by atoms with Crippen molar-refractivity contribution in [1.29, 1.82) is 0 Å². The Morgan fingerprint density at radius 3 is 1.95 bits per heavy atom. The fraction of sp³-hybridized carbons (Fsp3) is 0. The first-order chi connectivity index (χ1) is 27.8. The van der Waals surface area contributed by atoms with E-state index >= 15 is 0 Å². The number of rotatable bonds is 5. The van der Waals surface area contributed by atoms with Crippen molar-refractivity contribution in [3.63, 3.8) is 0 Å². The van der Waals surface area contributed by atoms with Crippen LogP contribution in [0.1, 0.15) is 0 Å². The number of aromatic nitrogens is 4. The molecule has 5 aromatic heterocycles. The molecule has 0 radical (unpaired) electrons. The maximum absolute atomic E-state index is 6.45. The summed E-state index contributed by atoms with van der Waals surface area (Å²) in [6, 6.07) is 64.1. The summed E-state index contributed by atoms with van der Waals surface area (Å²) in [6.45, 7) is 0. The molecule has 6 heteroatoms. The molecule has 0 aliphatic heterocycles. The van der Waals surface area contributed by atoms with E-state index in [1.54, 1.807) is 0 Å². The molecule has 56 heavy (non-hydrogen) atoms. The summed E-state index contributed by atoms with van der Waals surface area (Å²) in [4.78, 5) is 10.00. The molecule has 262 valence electrons. The number of furan rings is 1. The van der Waals surface area contributed by atoms with Crippen molar-refractivity contribution in [3.05, 3.63) is 195 Å². The van der Waals surface area contributed by atoms with Crippen LogP contribution in [-0.2, 0) is 0 Å². The fourth-order valence-corrected chi connectivity index (χ4v) is 14.2. The van der Waals surface area contributed by atoms with E-state index in [1.165, 1.54) is 31.5 Å². The van der Waals surface area contributed by atoms with E-state index in [2.05, 4.69) is 179 Å². The van der Waals surface area contributed by atoms with Gasteiger partial charge in [-0.2, -0.15) is 0 Å². The molecule has 0 unspecified atom stereocenters. The van der Waals surface area contributed by atoms with Crippen molar-refractivity contribution in [3.8, 4) is 5.69 Å². The Hall–Kier alpha value is -7.28. The van der Waals surface area contributed by atoms with Gasteiger partial charge >= 0.3 is 0 Å². The van der Waals surface area contributed by atoms with Gasteiger partial charge in [0.05, 0.1) is 16.4 Å². The lowest BCUT2D eigenvalue weighted by Crippen LogP contribution is -2.74. The predicted octanol–water partition coefficient (Wildman–Crippen LogP) is 9.41. The summed E-state index contributed by atoms with van der Waals surface area (Å²) in [6.07, 6.45) is 5.89. The number of fused-ring (bicyclic) bond motifs is 13. The van der Waals surface area contributed by atoms with Gasteiger partial charge in [0.25, 0.3) is 0 Å². The van der Waals surface area contributed by atoms with E-state index in [-0.39, 0.29) is 0 Å². The molecule has 0 saturated carbocycles. The number of para-hydroxylation sites is 2. The molecule has 7 aromatic carbocycles. The predicted molar refractivity (Wildman–Crippen MR) is 233 cm³/mol. The normalized spacial score (nSPS) is 12.3. The van der Waals surface area contributed by atoms with Crippen LogP contribution in [0.15, 0.2) is 199 Å². The molecule has 0 N–H and O–H groups in total. The summed E-state index contributed by atoms with van der Waals surface area (Å²) < 4.78 is 11.0. The van der Waals surface area contributed by atoms with Crippen LogP contribution in [0.3, 0.4) is 0 Å². The van der Waals surface area contributed by atoms with Crippen molar-refractivity contribution in [2.24, 2.45) is 0 Å². The van der Waals surface area contributed by atoms with Crippen LogP contribution in [0, 0.1) is 0 Å². The quantitative estimate of drug-likeness (QED) is 0.101. The minimum atomic E-state index is -3.00. The third kappa shape index (κ3) is 4.24. The molecule has 0 saturated heterocycles. The van der Waals surface area contributed by atoms with Crippen LogP contribution in [-0.4, -0.2) is 27.0 Å². The van der Waals surface area contributed by atoms with Gasteiger partial charge < -0.3 is 4.42 Å². The van der Waals surface area contributed by atoms with E-state index in [1.807, 2.05) is 24.5 Å². The highest BCUT2D eigenvalue weighted by Crippen LogP contribution is 2.40. The molecule has 0 aliphatic rings. The van der Waals surface area contributed by atoms with Gasteiger partial charge in [-0.3, -0.25) is 8.97 Å². The largest absolute Gasteiger partial charge is 0.456 e. The van der Waals surface area contributed by atoms with Gasteiger partial charge in [0, 0.05) is 51.2 Å². The third-order valence-corrected chi connectivity index (χ3v) is 16.5. The van der Waals surface area contributed by atoms with E-state index in [0.717, 1.165) is 66.1 Å². The lowest BCUT2D eigenvalue weighted by Gasteiger charge is -2.35. The molecular formula is C50H32N4OSi. The number of benzene rings is 7. The Balaban J connectivity index is 1.21. The van der Waals surface area contributed by atoms with Crippen molar-refractivity contribution in [2.45, 2.75) is 0 Å². The van der Waals surface area contributed by atoms with Crippen LogP contribution < -0.4 is 20.7 Å². The van der Waals surface area contributed by atoms with Gasteiger partial charge in [0.2, 0.25) is 0 Å². The Morgan fingerprint density at radius 2 is 1.11 bits per heavy atom. The minimum Gasteiger partial charge on any atom is -0.456 e. The van der Waals surface area contributed by atoms with Crippen molar-refractivity contribution >= 4 is 100 Å². The first-order valence-corrected chi connectivity index (χ1v) is 21.0. The number of nitrogens with zero attached hydrogens (tertiary/aromatic N) is 4. The molecule has 12 rings (SSSR count). The van der Waals surface area contributed by atoms with Crippen LogP contribution in [0.2, 0.25) is 0 Å². The molecular weight excluding hydrogens is 701 g/mol. The van der Waals surface area contributed by atoms with E-state index in [0.29, 0.717) is 0 Å². The molecule has 12 aromatic rings. The molecule has 0 bridgehead atoms. The SMILES string of the molecule is c1ccc([Si](c2ccccc2)(c2cccc(-n3c4ncccc4c4ccc5oc6ccccc6c5c43)c2)c2ccc3c4ccccc4n4ccnc4c3c2)cc1. The monoisotopic (exact) mass is 732 g/mol. The van der Waals surface area contributed by atoms with Crippen LogP contribution in [0.4, 0.5) is 0 Å². The average molecular weight is 733 g/mol. The maximum Gasteiger partial charge on any atom is 0.179 e. The zero-order chi connectivity index (χ0) is 36.8. The highest BCUT2D eigenvalue weighted by atomic mass is 28.3. The lowest BCUT2D eigenvalue weighted by molar-refractivity contribution is 0.669. The molecule has 0 aliphatic carbocycles. The number of hydrogen-bond donors (Lipinski definition) is 0. The number of hydrogen-bond acceptors (Lipinski definition) is 3. The van der Waals surface area contributed by atoms with Crippen molar-refractivity contribution < 1.29 is 4.42 Å². The Labute approximate surface area is 322 Å². The van der Waals surface area contributed by atoms with Crippen LogP contribution in [0.5, 0.6) is 0 Å². The van der Waals surface area contributed by atoms with E-state index in [4.69, 9.17) is 14.4 Å². The smallest absolute Gasteiger partial charge is 0.179 e. The Morgan fingerprint density at radius 1 is 0.429 bits per heavy atom. The lowest BCUT2D eigenvalue weighted by atomic mass is 10.1. The second-order valence-corrected chi connectivity index (χ2v) is 18.4. The zero-order valence-electron chi connectivity index (χ0n) is 30.2. The number of imidazole rings is 1. The van der Waals surface area contributed by atoms with Crippen molar-refractivity contribution in [2.75, 3.05) is 0 Å². The summed E-state index contributed by atoms with van der Waals surface area (Å²) in [7, 11) is -3.00. The van der Waals surface area contributed by atoms with Gasteiger partial charge in [-0.25, -0.2) is 9.97 Å². The summed E-state index contributed by atoms with van der Waals surface area (Å²) >= 11 is 0. The molecule has 5 heterocycles. The van der Waals surface area contributed by atoms with Crippen LogP contribution in [0.25, 0.3) is 76.9 Å². The first-order valence-electron chi connectivity index (χ1n) is 19.0. The molecule has 0 atom stereocenters. The standard InChI is InChI=1S/C50H32N4OSi/c1-3-14-34(15-4-1)56(35-16-5-2-6-17-35,37-24-25-38-39-19-7-9-22-44(39)53-30-29-52-49(53)43(38)32-37)36-18-11-13-33(31-36)54-48-40(41-21-12-28-51-50(41)54)26-27-46-47(48)42-20-8-10-23-45(42)55-46/h1-32H.